The number of nitrogens with one attached hydrogen (secondary N) is 1. The van der Waals surface area contributed by atoms with Crippen LogP contribution in [0.4, 0.5) is 9.52 Å². The van der Waals surface area contributed by atoms with E-state index in [4.69, 9.17) is 16.3 Å². The highest BCUT2D eigenvalue weighted by atomic mass is 35.5. The molecule has 0 fully saturated rings. The number of aromatic nitrogens is 3. The Bertz CT molecular complexity index is 1280. The van der Waals surface area contributed by atoms with E-state index < -0.39 is 11.7 Å². The van der Waals surface area contributed by atoms with Crippen molar-refractivity contribution in [3.05, 3.63) is 81.2 Å². The van der Waals surface area contributed by atoms with Gasteiger partial charge in [-0.2, -0.15) is 5.10 Å². The largest absolute Gasteiger partial charge is 0.496 e. The first-order chi connectivity index (χ1) is 15.4. The third-order valence-corrected chi connectivity index (χ3v) is 6.05. The second kappa shape index (κ2) is 9.10. The lowest BCUT2D eigenvalue weighted by Crippen LogP contribution is -2.13. The van der Waals surface area contributed by atoms with Crippen LogP contribution in [0.3, 0.4) is 0 Å². The summed E-state index contributed by atoms with van der Waals surface area (Å²) >= 11 is 7.72. The molecule has 4 aromatic rings. The van der Waals surface area contributed by atoms with Gasteiger partial charge in [0.25, 0.3) is 5.91 Å². The molecular weight excluding hydrogens is 451 g/mol. The highest BCUT2D eigenvalue weighted by Crippen LogP contribution is 2.33. The lowest BCUT2D eigenvalue weighted by molar-refractivity contribution is 0.102. The zero-order chi connectivity index (χ0) is 22.8. The Morgan fingerprint density at radius 2 is 1.97 bits per heavy atom. The molecule has 164 valence electrons. The molecule has 1 amide bonds. The first-order valence-electron chi connectivity index (χ1n) is 9.75. The Morgan fingerprint density at radius 1 is 1.22 bits per heavy atom. The molecule has 0 radical (unpaired) electrons. The number of ether oxygens (including phenoxy) is 1. The van der Waals surface area contributed by atoms with Crippen LogP contribution in [0.15, 0.2) is 47.8 Å². The van der Waals surface area contributed by atoms with Crippen LogP contribution in [-0.4, -0.2) is 27.8 Å². The van der Waals surface area contributed by atoms with Crippen molar-refractivity contribution < 1.29 is 13.9 Å². The molecule has 0 saturated carbocycles. The number of carbonyl (C=O) groups is 1. The van der Waals surface area contributed by atoms with Crippen molar-refractivity contribution >= 4 is 34.0 Å². The monoisotopic (exact) mass is 470 g/mol. The van der Waals surface area contributed by atoms with E-state index in [1.807, 2.05) is 31.2 Å². The van der Waals surface area contributed by atoms with Gasteiger partial charge in [0.15, 0.2) is 5.13 Å². The summed E-state index contributed by atoms with van der Waals surface area (Å²) in [5.41, 5.74) is 4.00. The van der Waals surface area contributed by atoms with E-state index in [1.165, 1.54) is 36.6 Å². The summed E-state index contributed by atoms with van der Waals surface area (Å²) in [7, 11) is 1.50. The van der Waals surface area contributed by atoms with Crippen LogP contribution >= 0.6 is 22.9 Å². The Kier molecular flexibility index (Phi) is 6.25. The molecule has 32 heavy (non-hydrogen) atoms. The van der Waals surface area contributed by atoms with Gasteiger partial charge in [-0.3, -0.25) is 10.1 Å². The molecule has 0 aliphatic carbocycles. The summed E-state index contributed by atoms with van der Waals surface area (Å²) in [5, 5.41) is 9.52. The Hall–Kier alpha value is -3.23. The van der Waals surface area contributed by atoms with Gasteiger partial charge in [-0.05, 0) is 37.6 Å². The first kappa shape index (κ1) is 22.0. The molecular formula is C23H20ClFN4O2S. The number of aryl methyl sites for hydroxylation is 2. The highest BCUT2D eigenvalue weighted by molar-refractivity contribution is 7.14. The Morgan fingerprint density at radius 3 is 2.69 bits per heavy atom. The predicted octanol–water partition coefficient (Wildman–Crippen LogP) is 5.73. The normalized spacial score (nSPS) is 10.9. The fraction of sp³-hybridized carbons (Fsp3) is 0.174. The molecule has 6 nitrogen and oxygen atoms in total. The molecule has 0 aliphatic heterocycles. The fourth-order valence-electron chi connectivity index (χ4n) is 3.28. The van der Waals surface area contributed by atoms with Gasteiger partial charge in [0, 0.05) is 10.9 Å². The van der Waals surface area contributed by atoms with Crippen molar-refractivity contribution in [2.45, 2.75) is 20.4 Å². The summed E-state index contributed by atoms with van der Waals surface area (Å²) in [6.45, 7) is 4.21. The lowest BCUT2D eigenvalue weighted by atomic mass is 10.1. The number of amides is 1. The topological polar surface area (TPSA) is 69.0 Å². The van der Waals surface area contributed by atoms with Gasteiger partial charge in [0.1, 0.15) is 16.7 Å². The molecule has 4 rings (SSSR count). The minimum absolute atomic E-state index is 0.254. The number of nitrogens with zero attached hydrogens (tertiary/aromatic N) is 3. The molecule has 2 aromatic heterocycles. The van der Waals surface area contributed by atoms with Gasteiger partial charge in [-0.15, -0.1) is 11.3 Å². The minimum Gasteiger partial charge on any atom is -0.496 e. The van der Waals surface area contributed by atoms with Crippen LogP contribution in [0, 0.1) is 19.7 Å². The minimum atomic E-state index is -0.408. The van der Waals surface area contributed by atoms with E-state index in [1.54, 1.807) is 17.0 Å². The Labute approximate surface area is 193 Å². The van der Waals surface area contributed by atoms with Crippen LogP contribution in [0.5, 0.6) is 5.75 Å². The maximum Gasteiger partial charge on any atom is 0.262 e. The SMILES string of the molecule is COc1ccc(F)cc1-c1csc(NC(=O)c2c(C)nn(Cc3ccc(C)cc3)c2Cl)n1. The quantitative estimate of drug-likeness (QED) is 0.391. The van der Waals surface area contributed by atoms with Crippen molar-refractivity contribution in [1.82, 2.24) is 14.8 Å². The number of methoxy groups -OCH3 is 1. The zero-order valence-corrected chi connectivity index (χ0v) is 19.2. The third-order valence-electron chi connectivity index (χ3n) is 4.91. The molecule has 9 heteroatoms. The predicted molar refractivity (Wildman–Crippen MR) is 124 cm³/mol. The van der Waals surface area contributed by atoms with Gasteiger partial charge < -0.3 is 4.74 Å². The molecule has 1 N–H and O–H groups in total. The Balaban J connectivity index is 1.55. The maximum atomic E-state index is 13.7. The summed E-state index contributed by atoms with van der Waals surface area (Å²) in [6.07, 6.45) is 0. The summed E-state index contributed by atoms with van der Waals surface area (Å²) in [6, 6.07) is 12.2. The lowest BCUT2D eigenvalue weighted by Gasteiger charge is -2.06. The molecule has 0 spiro atoms. The molecule has 2 aromatic carbocycles. The highest BCUT2D eigenvalue weighted by Gasteiger charge is 2.22. The third kappa shape index (κ3) is 4.51. The summed E-state index contributed by atoms with van der Waals surface area (Å²) in [4.78, 5) is 17.3. The van der Waals surface area contributed by atoms with Gasteiger partial charge in [-0.25, -0.2) is 14.1 Å². The van der Waals surface area contributed by atoms with Crippen molar-refractivity contribution in [3.63, 3.8) is 0 Å². The standard InChI is InChI=1S/C23H20ClFN4O2S/c1-13-4-6-15(7-5-13)11-29-21(24)20(14(2)28-29)22(30)27-23-26-18(12-32-23)17-10-16(25)8-9-19(17)31-3/h4-10,12H,11H2,1-3H3,(H,26,27,30). The number of rotatable bonds is 6. The van der Waals surface area contributed by atoms with Crippen LogP contribution in [0.1, 0.15) is 27.2 Å². The molecule has 2 heterocycles. The average molecular weight is 471 g/mol. The zero-order valence-electron chi connectivity index (χ0n) is 17.6. The summed E-state index contributed by atoms with van der Waals surface area (Å²) < 4.78 is 20.6. The molecule has 0 saturated heterocycles. The smallest absolute Gasteiger partial charge is 0.262 e. The van der Waals surface area contributed by atoms with E-state index in [-0.39, 0.29) is 5.15 Å². The van der Waals surface area contributed by atoms with Crippen molar-refractivity contribution in [3.8, 4) is 17.0 Å². The molecule has 0 bridgehead atoms. The second-order valence-electron chi connectivity index (χ2n) is 7.23. The van der Waals surface area contributed by atoms with Gasteiger partial charge >= 0.3 is 0 Å². The van der Waals surface area contributed by atoms with E-state index >= 15 is 0 Å². The first-order valence-corrected chi connectivity index (χ1v) is 11.0. The number of hydrogen-bond acceptors (Lipinski definition) is 5. The van der Waals surface area contributed by atoms with Crippen molar-refractivity contribution in [2.24, 2.45) is 0 Å². The van der Waals surface area contributed by atoms with E-state index in [0.717, 1.165) is 11.1 Å². The number of hydrogen-bond donors (Lipinski definition) is 1. The molecule has 0 aliphatic rings. The average Bonchev–Trinajstić information content (AvgIpc) is 3.33. The van der Waals surface area contributed by atoms with E-state index in [9.17, 15) is 9.18 Å². The van der Waals surface area contributed by atoms with Crippen molar-refractivity contribution in [2.75, 3.05) is 12.4 Å². The number of carbonyl (C=O) groups excluding carboxylic acids is 1. The van der Waals surface area contributed by atoms with E-state index in [0.29, 0.717) is 39.9 Å². The molecule has 0 unspecified atom stereocenters. The van der Waals surface area contributed by atoms with Crippen LogP contribution < -0.4 is 10.1 Å². The molecule has 0 atom stereocenters. The van der Waals surface area contributed by atoms with Gasteiger partial charge in [0.05, 0.1) is 30.6 Å². The van der Waals surface area contributed by atoms with Gasteiger partial charge in [0.2, 0.25) is 0 Å². The van der Waals surface area contributed by atoms with Crippen LogP contribution in [0.25, 0.3) is 11.3 Å². The number of anilines is 1. The van der Waals surface area contributed by atoms with Crippen molar-refractivity contribution in [1.29, 1.82) is 0 Å². The van der Waals surface area contributed by atoms with Crippen LogP contribution in [-0.2, 0) is 6.54 Å². The fourth-order valence-corrected chi connectivity index (χ4v) is 4.30. The second-order valence-corrected chi connectivity index (χ2v) is 8.45. The van der Waals surface area contributed by atoms with E-state index in [2.05, 4.69) is 15.4 Å². The number of thiazole rings is 1. The van der Waals surface area contributed by atoms with Crippen LogP contribution in [0.2, 0.25) is 5.15 Å². The number of halogens is 2. The summed E-state index contributed by atoms with van der Waals surface area (Å²) in [5.74, 6) is -0.316. The number of benzene rings is 2. The maximum absolute atomic E-state index is 13.7. The van der Waals surface area contributed by atoms with Gasteiger partial charge in [-0.1, -0.05) is 41.4 Å².